The summed E-state index contributed by atoms with van der Waals surface area (Å²) in [7, 11) is 0. The minimum atomic E-state index is -0.142. The van der Waals surface area contributed by atoms with E-state index in [2.05, 4.69) is 15.1 Å². The van der Waals surface area contributed by atoms with Crippen LogP contribution in [-0.2, 0) is 0 Å². The summed E-state index contributed by atoms with van der Waals surface area (Å²) in [4.78, 5) is 21.4. The lowest BCUT2D eigenvalue weighted by Crippen LogP contribution is -2.23. The van der Waals surface area contributed by atoms with Crippen molar-refractivity contribution >= 4 is 22.4 Å². The number of aromatic nitrogens is 4. The standard InChI is InChI=1S/C16H10N4OS/c21-15-13(10-11-4-2-1-3-5-11)22-16-18-14(19-20(15)16)12-6-8-17-9-7-12/h1-10H/b13-10+. The Hall–Kier alpha value is -2.86. The van der Waals surface area contributed by atoms with E-state index in [1.807, 2.05) is 48.5 Å². The molecule has 6 heteroatoms. The summed E-state index contributed by atoms with van der Waals surface area (Å²) in [6.07, 6.45) is 5.21. The molecule has 0 fully saturated rings. The lowest BCUT2D eigenvalue weighted by Gasteiger charge is -1.91. The van der Waals surface area contributed by atoms with Gasteiger partial charge in [0.15, 0.2) is 5.82 Å². The van der Waals surface area contributed by atoms with Gasteiger partial charge >= 0.3 is 0 Å². The molecule has 0 aliphatic heterocycles. The van der Waals surface area contributed by atoms with Gasteiger partial charge in [-0.15, -0.1) is 5.10 Å². The van der Waals surface area contributed by atoms with Crippen LogP contribution in [0, 0.1) is 0 Å². The van der Waals surface area contributed by atoms with E-state index < -0.39 is 0 Å². The molecule has 1 aromatic carbocycles. The number of pyridine rings is 1. The van der Waals surface area contributed by atoms with Crippen molar-refractivity contribution in [3.63, 3.8) is 0 Å². The summed E-state index contributed by atoms with van der Waals surface area (Å²) >= 11 is 1.34. The topological polar surface area (TPSA) is 60.2 Å². The Balaban J connectivity index is 1.85. The molecule has 0 amide bonds. The lowest BCUT2D eigenvalue weighted by atomic mass is 10.2. The Morgan fingerprint density at radius 1 is 1.05 bits per heavy atom. The van der Waals surface area contributed by atoms with Gasteiger partial charge in [0, 0.05) is 18.0 Å². The molecule has 3 aromatic heterocycles. The first-order chi connectivity index (χ1) is 10.8. The third-order valence-corrected chi connectivity index (χ3v) is 4.18. The van der Waals surface area contributed by atoms with Gasteiger partial charge in [0.2, 0.25) is 4.96 Å². The van der Waals surface area contributed by atoms with Crippen LogP contribution in [0.25, 0.3) is 22.4 Å². The minimum absolute atomic E-state index is 0.142. The molecule has 0 bridgehead atoms. The van der Waals surface area contributed by atoms with E-state index in [1.54, 1.807) is 12.4 Å². The molecule has 0 radical (unpaired) electrons. The molecule has 0 saturated carbocycles. The van der Waals surface area contributed by atoms with Gasteiger partial charge in [-0.1, -0.05) is 41.7 Å². The zero-order valence-corrected chi connectivity index (χ0v) is 12.2. The highest BCUT2D eigenvalue weighted by atomic mass is 32.1. The van der Waals surface area contributed by atoms with Crippen molar-refractivity contribution in [1.29, 1.82) is 0 Å². The number of rotatable bonds is 2. The highest BCUT2D eigenvalue weighted by Crippen LogP contribution is 2.14. The van der Waals surface area contributed by atoms with Gasteiger partial charge in [-0.25, -0.2) is 0 Å². The second kappa shape index (κ2) is 5.16. The van der Waals surface area contributed by atoms with Gasteiger partial charge in [-0.05, 0) is 23.8 Å². The molecule has 22 heavy (non-hydrogen) atoms. The van der Waals surface area contributed by atoms with Crippen molar-refractivity contribution < 1.29 is 0 Å². The fraction of sp³-hybridized carbons (Fsp3) is 0. The van der Waals surface area contributed by atoms with E-state index in [-0.39, 0.29) is 5.56 Å². The van der Waals surface area contributed by atoms with Crippen LogP contribution >= 0.6 is 11.3 Å². The normalized spacial score (nSPS) is 12.1. The molecule has 5 nitrogen and oxygen atoms in total. The first kappa shape index (κ1) is 12.8. The predicted octanol–water partition coefficient (Wildman–Crippen LogP) is 1.76. The van der Waals surface area contributed by atoms with Crippen LogP contribution in [0.3, 0.4) is 0 Å². The number of thiazole rings is 1. The molecule has 3 heterocycles. The molecule has 4 aromatic rings. The summed E-state index contributed by atoms with van der Waals surface area (Å²) in [6, 6.07) is 13.4. The Labute approximate surface area is 129 Å². The molecule has 4 rings (SSSR count). The van der Waals surface area contributed by atoms with Gasteiger partial charge in [0.05, 0.1) is 4.53 Å². The van der Waals surface area contributed by atoms with E-state index in [9.17, 15) is 4.79 Å². The second-order valence-electron chi connectivity index (χ2n) is 4.69. The number of benzene rings is 1. The highest BCUT2D eigenvalue weighted by molar-refractivity contribution is 7.15. The van der Waals surface area contributed by atoms with Crippen molar-refractivity contribution in [3.05, 3.63) is 75.3 Å². The quantitative estimate of drug-likeness (QED) is 0.566. The maximum atomic E-state index is 12.4. The molecule has 0 spiro atoms. The maximum Gasteiger partial charge on any atom is 0.291 e. The highest BCUT2D eigenvalue weighted by Gasteiger charge is 2.11. The molecular weight excluding hydrogens is 296 g/mol. The second-order valence-corrected chi connectivity index (χ2v) is 5.70. The van der Waals surface area contributed by atoms with E-state index >= 15 is 0 Å². The van der Waals surface area contributed by atoms with Crippen LogP contribution in [0.15, 0.2) is 59.7 Å². The van der Waals surface area contributed by atoms with E-state index in [4.69, 9.17) is 0 Å². The SMILES string of the molecule is O=c1/c(=C\c2ccccc2)sc2nc(-c3ccncc3)nn12. The minimum Gasteiger partial charge on any atom is -0.266 e. The summed E-state index contributed by atoms with van der Waals surface area (Å²) in [5.74, 6) is 0.539. The molecule has 0 aliphatic carbocycles. The van der Waals surface area contributed by atoms with Crippen LogP contribution < -0.4 is 10.1 Å². The van der Waals surface area contributed by atoms with Crippen molar-refractivity contribution in [2.24, 2.45) is 0 Å². The summed E-state index contributed by atoms with van der Waals surface area (Å²) in [6.45, 7) is 0. The number of hydrogen-bond donors (Lipinski definition) is 0. The Kier molecular flexibility index (Phi) is 3.01. The number of hydrogen-bond acceptors (Lipinski definition) is 5. The van der Waals surface area contributed by atoms with Gasteiger partial charge in [-0.2, -0.15) is 9.50 Å². The monoisotopic (exact) mass is 306 g/mol. The van der Waals surface area contributed by atoms with Crippen molar-refractivity contribution in [3.8, 4) is 11.4 Å². The van der Waals surface area contributed by atoms with Crippen LogP contribution in [-0.4, -0.2) is 19.6 Å². The van der Waals surface area contributed by atoms with Crippen LogP contribution in [0.5, 0.6) is 0 Å². The Morgan fingerprint density at radius 3 is 2.55 bits per heavy atom. The Bertz CT molecular complexity index is 1040. The lowest BCUT2D eigenvalue weighted by molar-refractivity contribution is 0.936. The van der Waals surface area contributed by atoms with E-state index in [0.29, 0.717) is 15.3 Å². The van der Waals surface area contributed by atoms with Crippen LogP contribution in [0.1, 0.15) is 5.56 Å². The molecular formula is C16H10N4OS. The number of fused-ring (bicyclic) bond motifs is 1. The maximum absolute atomic E-state index is 12.4. The van der Waals surface area contributed by atoms with Gasteiger partial charge < -0.3 is 0 Å². The van der Waals surface area contributed by atoms with E-state index in [1.165, 1.54) is 15.9 Å². The van der Waals surface area contributed by atoms with Crippen molar-refractivity contribution in [2.45, 2.75) is 0 Å². The Morgan fingerprint density at radius 2 is 1.82 bits per heavy atom. The summed E-state index contributed by atoms with van der Waals surface area (Å²) < 4.78 is 1.98. The van der Waals surface area contributed by atoms with Crippen molar-refractivity contribution in [1.82, 2.24) is 19.6 Å². The third kappa shape index (κ3) is 2.19. The average molecular weight is 306 g/mol. The molecule has 0 atom stereocenters. The molecule has 0 aliphatic rings. The molecule has 0 saturated heterocycles. The fourth-order valence-corrected chi connectivity index (χ4v) is 3.07. The average Bonchev–Trinajstić information content (AvgIpc) is 3.10. The molecule has 0 N–H and O–H groups in total. The largest absolute Gasteiger partial charge is 0.291 e. The first-order valence-corrected chi connectivity index (χ1v) is 7.50. The zero-order valence-electron chi connectivity index (χ0n) is 11.4. The summed E-state index contributed by atoms with van der Waals surface area (Å²) in [5, 5.41) is 4.30. The van der Waals surface area contributed by atoms with Crippen LogP contribution in [0.2, 0.25) is 0 Å². The van der Waals surface area contributed by atoms with E-state index in [0.717, 1.165) is 11.1 Å². The van der Waals surface area contributed by atoms with Gasteiger partial charge in [0.1, 0.15) is 0 Å². The first-order valence-electron chi connectivity index (χ1n) is 6.68. The third-order valence-electron chi connectivity index (χ3n) is 3.22. The predicted molar refractivity (Wildman–Crippen MR) is 85.6 cm³/mol. The van der Waals surface area contributed by atoms with Crippen molar-refractivity contribution in [2.75, 3.05) is 0 Å². The van der Waals surface area contributed by atoms with Gasteiger partial charge in [-0.3, -0.25) is 9.78 Å². The zero-order chi connectivity index (χ0) is 14.9. The molecule has 0 unspecified atom stereocenters. The van der Waals surface area contributed by atoms with Crippen LogP contribution in [0.4, 0.5) is 0 Å². The molecule has 106 valence electrons. The smallest absolute Gasteiger partial charge is 0.266 e. The summed E-state index contributed by atoms with van der Waals surface area (Å²) in [5.41, 5.74) is 1.69. The fourth-order valence-electron chi connectivity index (χ4n) is 2.16. The number of nitrogens with zero attached hydrogens (tertiary/aromatic N) is 4. The van der Waals surface area contributed by atoms with Gasteiger partial charge in [0.25, 0.3) is 5.56 Å².